The Labute approximate surface area is 164 Å². The highest BCUT2D eigenvalue weighted by Gasteiger charge is 2.40. The molecule has 0 fully saturated rings. The summed E-state index contributed by atoms with van der Waals surface area (Å²) in [4.78, 5) is 30.5. The van der Waals surface area contributed by atoms with Gasteiger partial charge in [0.25, 0.3) is 0 Å². The molecule has 140 valence electrons. The predicted octanol–water partition coefficient (Wildman–Crippen LogP) is 3.45. The number of thiophene rings is 1. The number of hydrogen-bond acceptors (Lipinski definition) is 6. The average molecular weight is 392 g/mol. The van der Waals surface area contributed by atoms with Gasteiger partial charge in [0.2, 0.25) is 5.95 Å². The molecule has 5 rings (SSSR count). The maximum atomic E-state index is 13.2. The number of aromatic nitrogens is 3. The second-order valence-corrected chi connectivity index (χ2v) is 7.86. The summed E-state index contributed by atoms with van der Waals surface area (Å²) >= 11 is 1.65. The van der Waals surface area contributed by atoms with Crippen LogP contribution in [0.5, 0.6) is 0 Å². The third kappa shape index (κ3) is 2.56. The Bertz CT molecular complexity index is 1120. The number of fused-ring (bicyclic) bond motifs is 1. The smallest absolute Gasteiger partial charge is 0.336 e. The molecular weight excluding hydrogens is 376 g/mol. The van der Waals surface area contributed by atoms with Gasteiger partial charge >= 0.3 is 5.97 Å². The monoisotopic (exact) mass is 392 g/mol. The van der Waals surface area contributed by atoms with E-state index in [-0.39, 0.29) is 17.3 Å². The lowest BCUT2D eigenvalue weighted by molar-refractivity contribution is -0.116. The fourth-order valence-electron chi connectivity index (χ4n) is 4.09. The number of carboxylic acids is 1. The summed E-state index contributed by atoms with van der Waals surface area (Å²) in [6.07, 6.45) is 2.50. The molecule has 0 amide bonds. The summed E-state index contributed by atoms with van der Waals surface area (Å²) in [7, 11) is 0. The van der Waals surface area contributed by atoms with E-state index in [0.29, 0.717) is 29.9 Å². The van der Waals surface area contributed by atoms with Crippen molar-refractivity contribution in [3.8, 4) is 0 Å². The van der Waals surface area contributed by atoms with Gasteiger partial charge in [0.1, 0.15) is 12.4 Å². The summed E-state index contributed by atoms with van der Waals surface area (Å²) in [5, 5.41) is 19.2. The van der Waals surface area contributed by atoms with E-state index in [4.69, 9.17) is 0 Å². The molecule has 0 saturated heterocycles. The van der Waals surface area contributed by atoms with Crippen LogP contribution in [-0.2, 0) is 4.79 Å². The molecule has 1 aliphatic heterocycles. The standard InChI is InChI=1S/C20H16N4O3S/c25-15-9-11(16-6-3-7-28-16)8-14-17(15)18(24-20(23-14)21-10-22-24)12-4-1-2-5-13(12)19(26)27/h1-7,10-11,18H,8-9H2,(H,26,27)(H,21,22,23). The van der Waals surface area contributed by atoms with Crippen molar-refractivity contribution in [3.63, 3.8) is 0 Å². The summed E-state index contributed by atoms with van der Waals surface area (Å²) in [5.74, 6) is -0.386. The number of nitrogens with one attached hydrogen (secondary N) is 1. The maximum Gasteiger partial charge on any atom is 0.336 e. The molecule has 3 aromatic rings. The molecule has 2 atom stereocenters. The molecule has 2 aliphatic rings. The third-order valence-corrected chi connectivity index (χ3v) is 6.33. The molecule has 0 spiro atoms. The Morgan fingerprint density at radius 2 is 2.07 bits per heavy atom. The van der Waals surface area contributed by atoms with Crippen LogP contribution < -0.4 is 5.32 Å². The zero-order valence-corrected chi connectivity index (χ0v) is 15.5. The number of carboxylic acid groups (broad SMARTS) is 1. The van der Waals surface area contributed by atoms with E-state index in [2.05, 4.69) is 21.5 Å². The van der Waals surface area contributed by atoms with Crippen molar-refractivity contribution in [2.24, 2.45) is 0 Å². The van der Waals surface area contributed by atoms with Gasteiger partial charge in [-0.1, -0.05) is 24.3 Å². The quantitative estimate of drug-likeness (QED) is 0.709. The van der Waals surface area contributed by atoms with Gasteiger partial charge in [-0.25, -0.2) is 9.48 Å². The Morgan fingerprint density at radius 1 is 1.21 bits per heavy atom. The van der Waals surface area contributed by atoms with Gasteiger partial charge in [-0.15, -0.1) is 11.3 Å². The van der Waals surface area contributed by atoms with Gasteiger partial charge in [-0.2, -0.15) is 10.1 Å². The first-order valence-corrected chi connectivity index (χ1v) is 9.80. The molecule has 2 aromatic heterocycles. The molecule has 2 N–H and O–H groups in total. The van der Waals surface area contributed by atoms with Gasteiger partial charge in [-0.3, -0.25) is 4.79 Å². The number of ketones is 1. The van der Waals surface area contributed by atoms with Crippen molar-refractivity contribution in [1.29, 1.82) is 0 Å². The summed E-state index contributed by atoms with van der Waals surface area (Å²) in [6.45, 7) is 0. The molecule has 28 heavy (non-hydrogen) atoms. The molecule has 3 heterocycles. The first-order chi connectivity index (χ1) is 13.6. The predicted molar refractivity (Wildman–Crippen MR) is 104 cm³/mol. The van der Waals surface area contributed by atoms with Gasteiger partial charge in [0.15, 0.2) is 5.78 Å². The molecule has 0 saturated carbocycles. The van der Waals surface area contributed by atoms with E-state index in [1.54, 1.807) is 40.3 Å². The number of Topliss-reactive ketones (excluding diaryl/α,β-unsaturated/α-hetero) is 1. The zero-order chi connectivity index (χ0) is 19.3. The number of aromatic carboxylic acids is 1. The van der Waals surface area contributed by atoms with Crippen molar-refractivity contribution in [2.75, 3.05) is 5.32 Å². The van der Waals surface area contributed by atoms with Crippen LogP contribution in [0.3, 0.4) is 0 Å². The van der Waals surface area contributed by atoms with Crippen molar-refractivity contribution in [3.05, 3.63) is 75.4 Å². The highest BCUT2D eigenvalue weighted by Crippen LogP contribution is 2.45. The first-order valence-electron chi connectivity index (χ1n) is 8.92. The molecule has 0 radical (unpaired) electrons. The van der Waals surface area contributed by atoms with Crippen LogP contribution in [-0.4, -0.2) is 31.6 Å². The minimum Gasteiger partial charge on any atom is -0.478 e. The number of carbonyl (C=O) groups is 2. The normalized spacial score (nSPS) is 21.1. The topological polar surface area (TPSA) is 97.1 Å². The Kier molecular flexibility index (Phi) is 3.87. The lowest BCUT2D eigenvalue weighted by atomic mass is 9.79. The number of carbonyl (C=O) groups excluding carboxylic acids is 1. The van der Waals surface area contributed by atoms with E-state index < -0.39 is 12.0 Å². The molecule has 7 nitrogen and oxygen atoms in total. The maximum absolute atomic E-state index is 13.2. The van der Waals surface area contributed by atoms with Gasteiger partial charge in [0, 0.05) is 28.5 Å². The lowest BCUT2D eigenvalue weighted by Crippen LogP contribution is -2.34. The highest BCUT2D eigenvalue weighted by atomic mass is 32.1. The van der Waals surface area contributed by atoms with Gasteiger partial charge in [0.05, 0.1) is 5.56 Å². The number of nitrogens with zero attached hydrogens (tertiary/aromatic N) is 3. The van der Waals surface area contributed by atoms with Crippen LogP contribution >= 0.6 is 11.3 Å². The summed E-state index contributed by atoms with van der Waals surface area (Å²) in [6, 6.07) is 10.2. The number of hydrogen-bond donors (Lipinski definition) is 2. The van der Waals surface area contributed by atoms with E-state index in [1.165, 1.54) is 11.2 Å². The Balaban J connectivity index is 1.67. The van der Waals surface area contributed by atoms with Crippen molar-refractivity contribution in [1.82, 2.24) is 14.8 Å². The minimum atomic E-state index is -1.03. The van der Waals surface area contributed by atoms with Crippen LogP contribution in [0.1, 0.15) is 45.6 Å². The van der Waals surface area contributed by atoms with E-state index in [0.717, 1.165) is 5.70 Å². The van der Waals surface area contributed by atoms with Crippen molar-refractivity contribution < 1.29 is 14.7 Å². The molecule has 1 aromatic carbocycles. The van der Waals surface area contributed by atoms with Gasteiger partial charge in [-0.05, 0) is 29.5 Å². The fourth-order valence-corrected chi connectivity index (χ4v) is 4.92. The summed E-state index contributed by atoms with van der Waals surface area (Å²) < 4.78 is 1.60. The van der Waals surface area contributed by atoms with Crippen LogP contribution in [0.4, 0.5) is 5.95 Å². The molecular formula is C20H16N4O3S. The van der Waals surface area contributed by atoms with E-state index >= 15 is 0 Å². The Hall–Kier alpha value is -3.26. The van der Waals surface area contributed by atoms with Gasteiger partial charge < -0.3 is 10.4 Å². The lowest BCUT2D eigenvalue weighted by Gasteiger charge is -2.35. The SMILES string of the molecule is O=C1CC(c2cccs2)CC2=C1C(c1ccccc1C(=O)O)n1ncnc1N2. The second kappa shape index (κ2) is 6.42. The number of benzene rings is 1. The zero-order valence-electron chi connectivity index (χ0n) is 14.7. The highest BCUT2D eigenvalue weighted by molar-refractivity contribution is 7.10. The van der Waals surface area contributed by atoms with Crippen LogP contribution in [0, 0.1) is 0 Å². The third-order valence-electron chi connectivity index (χ3n) is 5.29. The molecule has 1 aliphatic carbocycles. The second-order valence-electron chi connectivity index (χ2n) is 6.88. The Morgan fingerprint density at radius 3 is 2.86 bits per heavy atom. The van der Waals surface area contributed by atoms with Crippen LogP contribution in [0.15, 0.2) is 59.4 Å². The van der Waals surface area contributed by atoms with Crippen LogP contribution in [0.2, 0.25) is 0 Å². The van der Waals surface area contributed by atoms with Crippen molar-refractivity contribution in [2.45, 2.75) is 24.8 Å². The van der Waals surface area contributed by atoms with E-state index in [1.807, 2.05) is 11.4 Å². The molecule has 0 bridgehead atoms. The van der Waals surface area contributed by atoms with E-state index in [9.17, 15) is 14.7 Å². The average Bonchev–Trinajstić information content (AvgIpc) is 3.38. The summed E-state index contributed by atoms with van der Waals surface area (Å²) in [5.41, 5.74) is 2.09. The number of allylic oxidation sites excluding steroid dienone is 2. The number of rotatable bonds is 3. The largest absolute Gasteiger partial charge is 0.478 e. The molecule has 2 unspecified atom stereocenters. The fraction of sp³-hybridized carbons (Fsp3) is 0.200. The first kappa shape index (κ1) is 16.9. The van der Waals surface area contributed by atoms with Crippen LogP contribution in [0.25, 0.3) is 0 Å². The number of anilines is 1. The molecule has 8 heteroatoms. The minimum absolute atomic E-state index is 0.0125. The van der Waals surface area contributed by atoms with Crippen molar-refractivity contribution >= 4 is 29.0 Å².